The number of hydrogen-bond acceptors (Lipinski definition) is 2. The van der Waals surface area contributed by atoms with Gasteiger partial charge < -0.3 is 10.1 Å². The van der Waals surface area contributed by atoms with Crippen LogP contribution < -0.4 is 5.32 Å². The van der Waals surface area contributed by atoms with E-state index in [2.05, 4.69) is 12.2 Å². The number of carbonyl (C=O) groups is 1. The first-order valence-electron chi connectivity index (χ1n) is 5.61. The van der Waals surface area contributed by atoms with E-state index in [0.29, 0.717) is 0 Å². The lowest BCUT2D eigenvalue weighted by molar-refractivity contribution is 0.115. The first kappa shape index (κ1) is 13.3. The van der Waals surface area contributed by atoms with Crippen molar-refractivity contribution in [2.24, 2.45) is 0 Å². The van der Waals surface area contributed by atoms with Crippen LogP contribution in [0.2, 0.25) is 0 Å². The molecule has 84 valence electrons. The fourth-order valence-electron chi connectivity index (χ4n) is 1.17. The highest BCUT2D eigenvalue weighted by Gasteiger charge is 2.02. The lowest BCUT2D eigenvalue weighted by Crippen LogP contribution is -2.27. The Morgan fingerprint density at radius 3 is 2.43 bits per heavy atom. The molecule has 0 unspecified atom stereocenters. The minimum atomic E-state index is -0.296. The maximum atomic E-state index is 11.0. The minimum absolute atomic E-state index is 0.0323. The Kier molecular flexibility index (Phi) is 8.39. The summed E-state index contributed by atoms with van der Waals surface area (Å²) in [6.07, 6.45) is 5.71. The molecule has 0 aromatic heterocycles. The van der Waals surface area contributed by atoms with E-state index in [0.717, 1.165) is 13.0 Å². The molecule has 0 bridgehead atoms. The van der Waals surface area contributed by atoms with E-state index in [1.807, 2.05) is 13.8 Å². The molecule has 0 spiro atoms. The Morgan fingerprint density at radius 1 is 1.21 bits per heavy atom. The molecule has 1 N–H and O–H groups in total. The van der Waals surface area contributed by atoms with Gasteiger partial charge in [-0.05, 0) is 20.3 Å². The van der Waals surface area contributed by atoms with Crippen LogP contribution in [0.5, 0.6) is 0 Å². The third-order valence-electron chi connectivity index (χ3n) is 1.89. The maximum absolute atomic E-state index is 11.0. The second-order valence-corrected chi connectivity index (χ2v) is 3.80. The smallest absolute Gasteiger partial charge is 0.407 e. The number of nitrogens with one attached hydrogen (secondary N) is 1. The number of unbranched alkanes of at least 4 members (excludes halogenated alkanes) is 4. The average molecular weight is 201 g/mol. The third-order valence-corrected chi connectivity index (χ3v) is 1.89. The summed E-state index contributed by atoms with van der Waals surface area (Å²) in [6, 6.07) is 0. The highest BCUT2D eigenvalue weighted by Crippen LogP contribution is 2.01. The van der Waals surface area contributed by atoms with Crippen molar-refractivity contribution in [1.29, 1.82) is 0 Å². The van der Waals surface area contributed by atoms with Crippen molar-refractivity contribution in [3.05, 3.63) is 0 Å². The van der Waals surface area contributed by atoms with E-state index in [9.17, 15) is 4.79 Å². The van der Waals surface area contributed by atoms with E-state index in [4.69, 9.17) is 4.74 Å². The van der Waals surface area contributed by atoms with Crippen LogP contribution >= 0.6 is 0 Å². The van der Waals surface area contributed by atoms with E-state index in [1.54, 1.807) is 0 Å². The average Bonchev–Trinajstić information content (AvgIpc) is 2.10. The number of alkyl carbamates (subject to hydrolysis) is 1. The van der Waals surface area contributed by atoms with Gasteiger partial charge in [0, 0.05) is 6.54 Å². The van der Waals surface area contributed by atoms with Crippen LogP contribution in [0.4, 0.5) is 4.79 Å². The fourth-order valence-corrected chi connectivity index (χ4v) is 1.17. The van der Waals surface area contributed by atoms with Crippen LogP contribution in [0.1, 0.15) is 52.9 Å². The topological polar surface area (TPSA) is 38.3 Å². The number of rotatable bonds is 7. The van der Waals surface area contributed by atoms with Crippen LogP contribution in [0.15, 0.2) is 0 Å². The summed E-state index contributed by atoms with van der Waals surface area (Å²) in [5, 5.41) is 2.73. The molecule has 0 saturated carbocycles. The molecular weight excluding hydrogens is 178 g/mol. The van der Waals surface area contributed by atoms with Gasteiger partial charge in [0.05, 0.1) is 6.10 Å². The molecular formula is C11H23NO2. The largest absolute Gasteiger partial charge is 0.447 e. The Morgan fingerprint density at radius 2 is 1.86 bits per heavy atom. The van der Waals surface area contributed by atoms with Crippen LogP contribution in [0, 0.1) is 0 Å². The normalized spacial score (nSPS) is 10.3. The number of carbonyl (C=O) groups excluding carboxylic acids is 1. The van der Waals surface area contributed by atoms with Gasteiger partial charge in [0.2, 0.25) is 0 Å². The van der Waals surface area contributed by atoms with E-state index in [-0.39, 0.29) is 12.2 Å². The molecule has 0 aliphatic rings. The maximum Gasteiger partial charge on any atom is 0.407 e. The van der Waals surface area contributed by atoms with Crippen molar-refractivity contribution in [2.45, 2.75) is 59.0 Å². The zero-order valence-corrected chi connectivity index (χ0v) is 9.64. The Bertz CT molecular complexity index is 146. The van der Waals surface area contributed by atoms with Crippen LogP contribution in [-0.4, -0.2) is 18.7 Å². The summed E-state index contributed by atoms with van der Waals surface area (Å²) in [5.41, 5.74) is 0. The fraction of sp³-hybridized carbons (Fsp3) is 0.909. The van der Waals surface area contributed by atoms with Gasteiger partial charge in [-0.2, -0.15) is 0 Å². The Labute approximate surface area is 87.2 Å². The molecule has 0 rings (SSSR count). The second-order valence-electron chi connectivity index (χ2n) is 3.80. The molecule has 0 fully saturated rings. The highest BCUT2D eigenvalue weighted by atomic mass is 16.6. The van der Waals surface area contributed by atoms with Gasteiger partial charge >= 0.3 is 6.09 Å². The molecule has 0 aromatic rings. The van der Waals surface area contributed by atoms with Crippen molar-refractivity contribution in [3.8, 4) is 0 Å². The van der Waals surface area contributed by atoms with Crippen molar-refractivity contribution in [2.75, 3.05) is 6.54 Å². The van der Waals surface area contributed by atoms with Gasteiger partial charge in [0.1, 0.15) is 0 Å². The molecule has 0 saturated heterocycles. The van der Waals surface area contributed by atoms with E-state index in [1.165, 1.54) is 25.7 Å². The molecule has 14 heavy (non-hydrogen) atoms. The van der Waals surface area contributed by atoms with Gasteiger partial charge in [0.25, 0.3) is 0 Å². The van der Waals surface area contributed by atoms with Crippen molar-refractivity contribution < 1.29 is 9.53 Å². The monoisotopic (exact) mass is 201 g/mol. The van der Waals surface area contributed by atoms with Crippen LogP contribution in [-0.2, 0) is 4.74 Å². The molecule has 1 amide bonds. The summed E-state index contributed by atoms with van der Waals surface area (Å²) in [6.45, 7) is 6.62. The van der Waals surface area contributed by atoms with Crippen molar-refractivity contribution in [3.63, 3.8) is 0 Å². The molecule has 0 aliphatic heterocycles. The summed E-state index contributed by atoms with van der Waals surface area (Å²) >= 11 is 0. The highest BCUT2D eigenvalue weighted by molar-refractivity contribution is 5.67. The predicted octanol–water partition coefficient (Wildman–Crippen LogP) is 3.09. The second kappa shape index (κ2) is 8.85. The molecule has 0 aliphatic carbocycles. The SMILES string of the molecule is CCCCCCCNC(=O)OC(C)C. The van der Waals surface area contributed by atoms with Gasteiger partial charge in [-0.15, -0.1) is 0 Å². The lowest BCUT2D eigenvalue weighted by atomic mass is 10.1. The van der Waals surface area contributed by atoms with Crippen molar-refractivity contribution >= 4 is 6.09 Å². The van der Waals surface area contributed by atoms with Gasteiger partial charge in [-0.25, -0.2) is 4.79 Å². The van der Waals surface area contributed by atoms with E-state index < -0.39 is 0 Å². The van der Waals surface area contributed by atoms with Crippen molar-refractivity contribution in [1.82, 2.24) is 5.32 Å². The molecule has 0 atom stereocenters. The zero-order chi connectivity index (χ0) is 10.8. The minimum Gasteiger partial charge on any atom is -0.447 e. The summed E-state index contributed by atoms with van der Waals surface area (Å²) in [5.74, 6) is 0. The summed E-state index contributed by atoms with van der Waals surface area (Å²) < 4.78 is 4.93. The zero-order valence-electron chi connectivity index (χ0n) is 9.64. The number of amides is 1. The molecule has 3 nitrogen and oxygen atoms in total. The number of ether oxygens (including phenoxy) is 1. The Balaban J connectivity index is 3.15. The van der Waals surface area contributed by atoms with Gasteiger partial charge in [-0.1, -0.05) is 32.6 Å². The van der Waals surface area contributed by atoms with Gasteiger partial charge in [0.15, 0.2) is 0 Å². The molecule has 3 heteroatoms. The number of hydrogen-bond donors (Lipinski definition) is 1. The standard InChI is InChI=1S/C11H23NO2/c1-4-5-6-7-8-9-12-11(13)14-10(2)3/h10H,4-9H2,1-3H3,(H,12,13). The van der Waals surface area contributed by atoms with Gasteiger partial charge in [-0.3, -0.25) is 0 Å². The van der Waals surface area contributed by atoms with E-state index >= 15 is 0 Å². The quantitative estimate of drug-likeness (QED) is 0.643. The van der Waals surface area contributed by atoms with Crippen LogP contribution in [0.25, 0.3) is 0 Å². The first-order valence-corrected chi connectivity index (χ1v) is 5.61. The van der Waals surface area contributed by atoms with Crippen LogP contribution in [0.3, 0.4) is 0 Å². The third kappa shape index (κ3) is 9.36. The Hall–Kier alpha value is -0.730. The first-order chi connectivity index (χ1) is 6.66. The molecule has 0 radical (unpaired) electrons. The molecule has 0 aromatic carbocycles. The predicted molar refractivity (Wildman–Crippen MR) is 58.4 cm³/mol. The molecule has 0 heterocycles. The summed E-state index contributed by atoms with van der Waals surface area (Å²) in [4.78, 5) is 11.0. The lowest BCUT2D eigenvalue weighted by Gasteiger charge is -2.08. The summed E-state index contributed by atoms with van der Waals surface area (Å²) in [7, 11) is 0.